The molecule has 2 atom stereocenters. The summed E-state index contributed by atoms with van der Waals surface area (Å²) >= 11 is 0. The fraction of sp³-hybridized carbons (Fsp3) is 0.280. The molecule has 2 aromatic carbocycles. The van der Waals surface area contributed by atoms with Gasteiger partial charge in [-0.3, -0.25) is 14.2 Å². The maximum atomic E-state index is 12.5. The van der Waals surface area contributed by atoms with Crippen LogP contribution in [0.5, 0.6) is 0 Å². The fourth-order valence-corrected chi connectivity index (χ4v) is 3.73. The van der Waals surface area contributed by atoms with Crippen LogP contribution in [0.2, 0.25) is 0 Å². The molecule has 3 aromatic rings. The zero-order valence-corrected chi connectivity index (χ0v) is 18.5. The van der Waals surface area contributed by atoms with Gasteiger partial charge in [-0.05, 0) is 42.2 Å². The summed E-state index contributed by atoms with van der Waals surface area (Å²) in [6.45, 7) is 0.263. The highest BCUT2D eigenvalue weighted by atomic mass is 16.5. The van der Waals surface area contributed by atoms with Crippen molar-refractivity contribution in [3.05, 3.63) is 94.0 Å². The first kappa shape index (κ1) is 23.3. The minimum Gasteiger partial charge on any atom is -0.394 e. The van der Waals surface area contributed by atoms with Gasteiger partial charge in [0.15, 0.2) is 0 Å². The molecule has 2 amide bonds. The second kappa shape index (κ2) is 10.9. The molecule has 1 aliphatic rings. The molecule has 1 fully saturated rings. The average molecular weight is 463 g/mol. The zero-order chi connectivity index (χ0) is 23.9. The van der Waals surface area contributed by atoms with Crippen molar-refractivity contribution in [1.82, 2.24) is 14.9 Å². The summed E-state index contributed by atoms with van der Waals surface area (Å²) in [6.07, 6.45) is 2.36. The summed E-state index contributed by atoms with van der Waals surface area (Å²) in [5, 5.41) is 14.7. The maximum Gasteiger partial charge on any atom is 0.351 e. The van der Waals surface area contributed by atoms with Crippen LogP contribution in [-0.2, 0) is 22.5 Å². The predicted octanol–water partition coefficient (Wildman–Crippen LogP) is 2.02. The molecule has 0 unspecified atom stereocenters. The van der Waals surface area contributed by atoms with E-state index in [1.807, 2.05) is 30.3 Å². The summed E-state index contributed by atoms with van der Waals surface area (Å²) in [5.41, 5.74) is 1.66. The first-order valence-electron chi connectivity index (χ1n) is 11.1. The SMILES string of the molecule is O=C(Cc1ccccc1)NCc1ccc(C(=O)Nc2ccn([C@H]3CC[C@@H](CO)O3)c(=O)n2)cc1. The molecule has 1 aliphatic heterocycles. The quantitative estimate of drug-likeness (QED) is 0.471. The van der Waals surface area contributed by atoms with Crippen molar-refractivity contribution >= 4 is 17.6 Å². The van der Waals surface area contributed by atoms with Crippen LogP contribution >= 0.6 is 0 Å². The highest BCUT2D eigenvalue weighted by molar-refractivity contribution is 6.03. The van der Waals surface area contributed by atoms with Gasteiger partial charge >= 0.3 is 5.69 Å². The van der Waals surface area contributed by atoms with Gasteiger partial charge in [0.2, 0.25) is 5.91 Å². The summed E-state index contributed by atoms with van der Waals surface area (Å²) in [6, 6.07) is 17.9. The molecule has 2 heterocycles. The largest absolute Gasteiger partial charge is 0.394 e. The lowest BCUT2D eigenvalue weighted by Crippen LogP contribution is -2.28. The number of ether oxygens (including phenoxy) is 1. The normalized spacial score (nSPS) is 17.3. The van der Waals surface area contributed by atoms with Crippen LogP contribution in [0.25, 0.3) is 0 Å². The molecule has 34 heavy (non-hydrogen) atoms. The van der Waals surface area contributed by atoms with E-state index in [1.54, 1.807) is 24.3 Å². The number of carbonyl (C=O) groups is 2. The monoisotopic (exact) mass is 462 g/mol. The van der Waals surface area contributed by atoms with Crippen LogP contribution in [-0.4, -0.2) is 39.2 Å². The van der Waals surface area contributed by atoms with E-state index in [9.17, 15) is 19.5 Å². The standard InChI is InChI=1S/C25H26N4O5/c30-16-20-10-11-23(34-20)29-13-12-21(28-25(29)33)27-24(32)19-8-6-18(7-9-19)15-26-22(31)14-17-4-2-1-3-5-17/h1-9,12-13,20,23,30H,10-11,14-16H2,(H,26,31)(H,27,28,32,33)/t20-,23+/m0/s1. The molecule has 176 valence electrons. The van der Waals surface area contributed by atoms with Crippen molar-refractivity contribution in [2.75, 3.05) is 11.9 Å². The Morgan fingerprint density at radius 1 is 1.03 bits per heavy atom. The average Bonchev–Trinajstić information content (AvgIpc) is 3.33. The summed E-state index contributed by atoms with van der Waals surface area (Å²) in [5.74, 6) is -0.342. The first-order chi connectivity index (χ1) is 16.5. The Morgan fingerprint density at radius 2 is 1.79 bits per heavy atom. The number of aliphatic hydroxyl groups excluding tert-OH is 1. The lowest BCUT2D eigenvalue weighted by molar-refractivity contribution is -0.120. The van der Waals surface area contributed by atoms with E-state index in [2.05, 4.69) is 15.6 Å². The van der Waals surface area contributed by atoms with Crippen LogP contribution in [0.15, 0.2) is 71.7 Å². The first-order valence-corrected chi connectivity index (χ1v) is 11.1. The third-order valence-corrected chi connectivity index (χ3v) is 5.58. The Morgan fingerprint density at radius 3 is 2.47 bits per heavy atom. The summed E-state index contributed by atoms with van der Waals surface area (Å²) < 4.78 is 6.96. The molecule has 4 rings (SSSR count). The van der Waals surface area contributed by atoms with Crippen molar-refractivity contribution in [3.63, 3.8) is 0 Å². The molecule has 3 N–H and O–H groups in total. The molecule has 0 saturated carbocycles. The molecule has 0 spiro atoms. The van der Waals surface area contributed by atoms with Crippen LogP contribution in [0.4, 0.5) is 5.82 Å². The number of amides is 2. The Hall–Kier alpha value is -3.82. The predicted molar refractivity (Wildman–Crippen MR) is 125 cm³/mol. The van der Waals surface area contributed by atoms with E-state index in [0.717, 1.165) is 11.1 Å². The van der Waals surface area contributed by atoms with Gasteiger partial charge < -0.3 is 20.5 Å². The molecular formula is C25H26N4O5. The van der Waals surface area contributed by atoms with Gasteiger partial charge in [0.25, 0.3) is 5.91 Å². The number of benzene rings is 2. The Bertz CT molecular complexity index is 1190. The summed E-state index contributed by atoms with van der Waals surface area (Å²) in [4.78, 5) is 40.9. The number of carbonyl (C=O) groups excluding carboxylic acids is 2. The van der Waals surface area contributed by atoms with Crippen molar-refractivity contribution in [2.24, 2.45) is 0 Å². The van der Waals surface area contributed by atoms with Gasteiger partial charge in [-0.15, -0.1) is 0 Å². The third-order valence-electron chi connectivity index (χ3n) is 5.58. The Balaban J connectivity index is 1.30. The third kappa shape index (κ3) is 5.94. The van der Waals surface area contributed by atoms with Gasteiger partial charge in [0.05, 0.1) is 19.1 Å². The van der Waals surface area contributed by atoms with Crippen molar-refractivity contribution < 1.29 is 19.4 Å². The van der Waals surface area contributed by atoms with E-state index in [4.69, 9.17) is 4.74 Å². The van der Waals surface area contributed by atoms with Gasteiger partial charge in [0, 0.05) is 18.3 Å². The van der Waals surface area contributed by atoms with E-state index < -0.39 is 17.8 Å². The number of rotatable bonds is 8. The van der Waals surface area contributed by atoms with E-state index in [-0.39, 0.29) is 24.4 Å². The minimum atomic E-state index is -0.539. The number of anilines is 1. The number of nitrogens with zero attached hydrogens (tertiary/aromatic N) is 2. The number of nitrogens with one attached hydrogen (secondary N) is 2. The fourth-order valence-electron chi connectivity index (χ4n) is 3.73. The van der Waals surface area contributed by atoms with E-state index in [1.165, 1.54) is 16.8 Å². The topological polar surface area (TPSA) is 123 Å². The number of aliphatic hydroxyl groups is 1. The number of hydrogen-bond acceptors (Lipinski definition) is 6. The van der Waals surface area contributed by atoms with Gasteiger partial charge in [0.1, 0.15) is 12.0 Å². The number of hydrogen-bond donors (Lipinski definition) is 3. The molecule has 0 radical (unpaired) electrons. The van der Waals surface area contributed by atoms with E-state index in [0.29, 0.717) is 31.4 Å². The van der Waals surface area contributed by atoms with Gasteiger partial charge in [-0.1, -0.05) is 42.5 Å². The van der Waals surface area contributed by atoms with Gasteiger partial charge in [-0.25, -0.2) is 4.79 Å². The Labute approximate surface area is 196 Å². The zero-order valence-electron chi connectivity index (χ0n) is 18.5. The highest BCUT2D eigenvalue weighted by Gasteiger charge is 2.26. The van der Waals surface area contributed by atoms with Crippen molar-refractivity contribution in [2.45, 2.75) is 38.1 Å². The molecule has 1 aromatic heterocycles. The Kier molecular flexibility index (Phi) is 7.46. The highest BCUT2D eigenvalue weighted by Crippen LogP contribution is 2.26. The van der Waals surface area contributed by atoms with Crippen molar-refractivity contribution in [3.8, 4) is 0 Å². The molecule has 9 heteroatoms. The van der Waals surface area contributed by atoms with Gasteiger partial charge in [-0.2, -0.15) is 4.98 Å². The van der Waals surface area contributed by atoms with Crippen LogP contribution in [0.1, 0.15) is 40.6 Å². The minimum absolute atomic E-state index is 0.0799. The van der Waals surface area contributed by atoms with Crippen LogP contribution < -0.4 is 16.3 Å². The van der Waals surface area contributed by atoms with Crippen LogP contribution in [0, 0.1) is 0 Å². The van der Waals surface area contributed by atoms with E-state index >= 15 is 0 Å². The lowest BCUT2D eigenvalue weighted by atomic mass is 10.1. The van der Waals surface area contributed by atoms with Crippen molar-refractivity contribution in [1.29, 1.82) is 0 Å². The molecule has 0 aliphatic carbocycles. The lowest BCUT2D eigenvalue weighted by Gasteiger charge is -2.15. The second-order valence-corrected chi connectivity index (χ2v) is 8.07. The number of aromatic nitrogens is 2. The molecule has 9 nitrogen and oxygen atoms in total. The molecule has 0 bridgehead atoms. The van der Waals surface area contributed by atoms with Crippen LogP contribution in [0.3, 0.4) is 0 Å². The second-order valence-electron chi connectivity index (χ2n) is 8.07. The smallest absolute Gasteiger partial charge is 0.351 e. The summed E-state index contributed by atoms with van der Waals surface area (Å²) in [7, 11) is 0. The molecular weight excluding hydrogens is 436 g/mol. The maximum absolute atomic E-state index is 12.5. The molecule has 1 saturated heterocycles.